The molecule has 0 aliphatic carbocycles. The van der Waals surface area contributed by atoms with E-state index in [0.29, 0.717) is 19.3 Å². The van der Waals surface area contributed by atoms with Crippen LogP contribution >= 0.6 is 0 Å². The van der Waals surface area contributed by atoms with Crippen LogP contribution in [0.2, 0.25) is 0 Å². The molecule has 0 N–H and O–H groups in total. The molecule has 0 rings (SSSR count). The standard InChI is InChI=1S/C69H108O6/c1-4-7-10-13-16-19-22-25-28-31-33-34-36-38-41-44-47-50-53-56-59-62-68(71)74-65-66(64-73-67(70)61-58-55-52-49-46-43-40-37-30-27-24-21-18-15-12-9-6-3)75-69(72)63-60-57-54-51-48-45-42-39-35-32-29-26-23-20-17-14-11-8-5-2/h8-9,11-12,17-18,20-22,25-27,29-31,33,35-36,38-40,43,45,48,54,57,66H,4-7,10,13-16,19,23-24,28,32,34,37,41-42,44,46-47,49-53,55-56,58-65H2,1-3H3/b11-8-,12-9-,20-17-,21-18-,25-22-,29-26-,30-27-,33-31-,38-36-,39-35-,43-40-,48-45-,57-54-. The number of allylic oxidation sites excluding steroid dienone is 26. The van der Waals surface area contributed by atoms with E-state index in [1.54, 1.807) is 0 Å². The Labute approximate surface area is 460 Å². The molecular weight excluding hydrogens is 925 g/mol. The van der Waals surface area contributed by atoms with E-state index < -0.39 is 12.1 Å². The Bertz CT molecular complexity index is 1710. The molecule has 0 aromatic heterocycles. The van der Waals surface area contributed by atoms with Crippen molar-refractivity contribution in [3.8, 4) is 0 Å². The fourth-order valence-corrected chi connectivity index (χ4v) is 7.58. The maximum atomic E-state index is 12.9. The molecule has 0 radical (unpaired) electrons. The molecule has 6 heteroatoms. The fraction of sp³-hybridized carbons (Fsp3) is 0.580. The Morgan fingerprint density at radius 1 is 0.280 bits per heavy atom. The highest BCUT2D eigenvalue weighted by molar-refractivity contribution is 5.71. The minimum atomic E-state index is -0.844. The Hall–Kier alpha value is -4.97. The largest absolute Gasteiger partial charge is 0.462 e. The molecule has 0 heterocycles. The van der Waals surface area contributed by atoms with Gasteiger partial charge in [0.1, 0.15) is 13.2 Å². The van der Waals surface area contributed by atoms with E-state index >= 15 is 0 Å². The Balaban J connectivity index is 4.59. The minimum absolute atomic E-state index is 0.130. The second-order valence-electron chi connectivity index (χ2n) is 19.1. The maximum Gasteiger partial charge on any atom is 0.306 e. The van der Waals surface area contributed by atoms with Gasteiger partial charge in [-0.25, -0.2) is 0 Å². The zero-order valence-electron chi connectivity index (χ0n) is 48.0. The third-order valence-electron chi connectivity index (χ3n) is 12.0. The van der Waals surface area contributed by atoms with Gasteiger partial charge in [0, 0.05) is 19.3 Å². The van der Waals surface area contributed by atoms with Gasteiger partial charge in [-0.1, -0.05) is 243 Å². The van der Waals surface area contributed by atoms with Crippen LogP contribution in [0, 0.1) is 0 Å². The highest BCUT2D eigenvalue weighted by atomic mass is 16.6. The quantitative estimate of drug-likeness (QED) is 0.0261. The highest BCUT2D eigenvalue weighted by Gasteiger charge is 2.19. The average Bonchev–Trinajstić information content (AvgIpc) is 3.41. The van der Waals surface area contributed by atoms with Crippen LogP contribution in [0.25, 0.3) is 0 Å². The van der Waals surface area contributed by atoms with Crippen molar-refractivity contribution >= 4 is 17.9 Å². The van der Waals surface area contributed by atoms with Crippen LogP contribution in [-0.2, 0) is 28.6 Å². The maximum absolute atomic E-state index is 12.9. The number of rotatable bonds is 52. The van der Waals surface area contributed by atoms with Crippen molar-refractivity contribution in [1.29, 1.82) is 0 Å². The predicted molar refractivity (Wildman–Crippen MR) is 325 cm³/mol. The first-order chi connectivity index (χ1) is 37.0. The number of esters is 3. The minimum Gasteiger partial charge on any atom is -0.462 e. The monoisotopic (exact) mass is 1030 g/mol. The van der Waals surface area contributed by atoms with E-state index in [2.05, 4.69) is 167 Å². The Morgan fingerprint density at radius 2 is 0.547 bits per heavy atom. The molecule has 6 nitrogen and oxygen atoms in total. The summed E-state index contributed by atoms with van der Waals surface area (Å²) in [6, 6.07) is 0. The topological polar surface area (TPSA) is 78.9 Å². The van der Waals surface area contributed by atoms with Gasteiger partial charge in [0.15, 0.2) is 6.10 Å². The molecule has 0 saturated heterocycles. The van der Waals surface area contributed by atoms with Gasteiger partial charge in [-0.15, -0.1) is 0 Å². The van der Waals surface area contributed by atoms with Crippen molar-refractivity contribution in [3.05, 3.63) is 158 Å². The number of ether oxygens (including phenoxy) is 3. The van der Waals surface area contributed by atoms with E-state index in [9.17, 15) is 14.4 Å². The molecule has 0 spiro atoms. The predicted octanol–water partition coefficient (Wildman–Crippen LogP) is 20.5. The summed E-state index contributed by atoms with van der Waals surface area (Å²) < 4.78 is 16.8. The summed E-state index contributed by atoms with van der Waals surface area (Å²) in [5.74, 6) is -1.06. The lowest BCUT2D eigenvalue weighted by Gasteiger charge is -2.18. The van der Waals surface area contributed by atoms with Crippen LogP contribution in [0.4, 0.5) is 0 Å². The first-order valence-corrected chi connectivity index (χ1v) is 30.0. The van der Waals surface area contributed by atoms with Crippen LogP contribution in [-0.4, -0.2) is 37.2 Å². The van der Waals surface area contributed by atoms with E-state index in [1.165, 1.54) is 51.4 Å². The lowest BCUT2D eigenvalue weighted by Crippen LogP contribution is -2.30. The van der Waals surface area contributed by atoms with Crippen LogP contribution in [0.5, 0.6) is 0 Å². The van der Waals surface area contributed by atoms with Crippen molar-refractivity contribution in [2.45, 2.75) is 245 Å². The van der Waals surface area contributed by atoms with Crippen molar-refractivity contribution in [3.63, 3.8) is 0 Å². The van der Waals surface area contributed by atoms with Gasteiger partial charge in [-0.05, 0) is 135 Å². The molecule has 0 fully saturated rings. The molecule has 0 aromatic rings. The molecule has 0 aliphatic heterocycles. The summed E-state index contributed by atoms with van der Waals surface area (Å²) >= 11 is 0. The zero-order chi connectivity index (χ0) is 54.3. The number of hydrogen-bond acceptors (Lipinski definition) is 6. The number of unbranched alkanes of at least 4 members (excludes halogenated alkanes) is 15. The van der Waals surface area contributed by atoms with Crippen molar-refractivity contribution in [2.24, 2.45) is 0 Å². The number of carbonyl (C=O) groups is 3. The smallest absolute Gasteiger partial charge is 0.306 e. The van der Waals surface area contributed by atoms with E-state index in [-0.39, 0.29) is 31.6 Å². The molecule has 0 aliphatic rings. The zero-order valence-corrected chi connectivity index (χ0v) is 48.0. The first kappa shape index (κ1) is 70.0. The van der Waals surface area contributed by atoms with Crippen LogP contribution in [0.3, 0.4) is 0 Å². The van der Waals surface area contributed by atoms with Crippen LogP contribution in [0.15, 0.2) is 158 Å². The summed E-state index contributed by atoms with van der Waals surface area (Å²) in [6.07, 6.45) is 89.6. The van der Waals surface area contributed by atoms with Crippen molar-refractivity contribution < 1.29 is 28.6 Å². The summed E-state index contributed by atoms with van der Waals surface area (Å²) in [5.41, 5.74) is 0. The van der Waals surface area contributed by atoms with Gasteiger partial charge >= 0.3 is 17.9 Å². The summed E-state index contributed by atoms with van der Waals surface area (Å²) in [5, 5.41) is 0. The van der Waals surface area contributed by atoms with Gasteiger partial charge in [-0.3, -0.25) is 14.4 Å². The molecule has 1 atom stereocenters. The van der Waals surface area contributed by atoms with Gasteiger partial charge in [0.25, 0.3) is 0 Å². The summed E-state index contributed by atoms with van der Waals surface area (Å²) in [6.45, 7) is 6.30. The molecule has 0 amide bonds. The molecule has 420 valence electrons. The SMILES string of the molecule is CC/C=C\C/C=C\C/C=C\C/C=C\C/C=C\C/C=C\CCC(=O)OC(COC(=O)CCCCCC/C=C\C/C=C\C/C=C\C/C=C\CC)COC(=O)CCCCCCCC/C=C\C/C=C\C/C=C\CCCCCCC. The second-order valence-corrected chi connectivity index (χ2v) is 19.1. The molecular formula is C69H108O6. The summed E-state index contributed by atoms with van der Waals surface area (Å²) in [4.78, 5) is 38.2. The van der Waals surface area contributed by atoms with Gasteiger partial charge in [0.2, 0.25) is 0 Å². The molecule has 1 unspecified atom stereocenters. The van der Waals surface area contributed by atoms with Gasteiger partial charge in [-0.2, -0.15) is 0 Å². The lowest BCUT2D eigenvalue weighted by molar-refractivity contribution is -0.166. The molecule has 0 aromatic carbocycles. The third-order valence-corrected chi connectivity index (χ3v) is 12.0. The first-order valence-electron chi connectivity index (χ1n) is 30.0. The molecule has 0 bridgehead atoms. The van der Waals surface area contributed by atoms with E-state index in [0.717, 1.165) is 141 Å². The van der Waals surface area contributed by atoms with Crippen molar-refractivity contribution in [2.75, 3.05) is 13.2 Å². The second kappa shape index (κ2) is 61.6. The van der Waals surface area contributed by atoms with E-state index in [1.807, 2.05) is 12.2 Å². The van der Waals surface area contributed by atoms with Crippen LogP contribution < -0.4 is 0 Å². The van der Waals surface area contributed by atoms with Crippen molar-refractivity contribution in [1.82, 2.24) is 0 Å². The van der Waals surface area contributed by atoms with Crippen LogP contribution in [0.1, 0.15) is 239 Å². The van der Waals surface area contributed by atoms with Gasteiger partial charge in [0.05, 0.1) is 0 Å². The Kier molecular flexibility index (Phi) is 57.5. The Morgan fingerprint density at radius 3 is 0.867 bits per heavy atom. The number of hydrogen-bond donors (Lipinski definition) is 0. The number of carbonyl (C=O) groups excluding carboxylic acids is 3. The lowest BCUT2D eigenvalue weighted by atomic mass is 10.1. The summed E-state index contributed by atoms with van der Waals surface area (Å²) in [7, 11) is 0. The fourth-order valence-electron chi connectivity index (χ4n) is 7.58. The highest BCUT2D eigenvalue weighted by Crippen LogP contribution is 2.12. The molecule has 75 heavy (non-hydrogen) atoms. The average molecular weight is 1030 g/mol. The van der Waals surface area contributed by atoms with Gasteiger partial charge < -0.3 is 14.2 Å². The normalized spacial score (nSPS) is 13.3. The molecule has 0 saturated carbocycles. The van der Waals surface area contributed by atoms with E-state index in [4.69, 9.17) is 14.2 Å². The third kappa shape index (κ3) is 59.8.